The van der Waals surface area contributed by atoms with Gasteiger partial charge >= 0.3 is 10.9 Å². The molecule has 0 fully saturated rings. The van der Waals surface area contributed by atoms with Crippen molar-refractivity contribution in [2.24, 2.45) is 0 Å². The molecule has 0 saturated carbocycles. The minimum absolute atomic E-state index is 0.161. The van der Waals surface area contributed by atoms with Gasteiger partial charge in [-0.3, -0.25) is 10.1 Å². The van der Waals surface area contributed by atoms with Gasteiger partial charge in [-0.25, -0.2) is 4.79 Å². The van der Waals surface area contributed by atoms with Gasteiger partial charge in [0.25, 0.3) is 0 Å². The molecule has 2 atom stereocenters. The van der Waals surface area contributed by atoms with E-state index in [0.29, 0.717) is 0 Å². The van der Waals surface area contributed by atoms with E-state index in [-0.39, 0.29) is 12.7 Å². The van der Waals surface area contributed by atoms with Crippen LogP contribution in [0.3, 0.4) is 0 Å². The first-order valence-corrected chi connectivity index (χ1v) is 5.41. The molecule has 7 heteroatoms. The number of nitro groups is 1. The van der Waals surface area contributed by atoms with Crippen LogP contribution in [0, 0.1) is 10.1 Å². The van der Waals surface area contributed by atoms with Gasteiger partial charge in [-0.15, -0.1) is 0 Å². The zero-order valence-electron chi connectivity index (χ0n) is 8.81. The highest BCUT2D eigenvalue weighted by Gasteiger charge is 2.37. The van der Waals surface area contributed by atoms with E-state index in [9.17, 15) is 14.9 Å². The van der Waals surface area contributed by atoms with Gasteiger partial charge in [-0.1, -0.05) is 0 Å². The molecular formula is C8H14BrNO5. The number of halogens is 1. The molecule has 0 saturated heterocycles. The molecule has 0 aromatic heterocycles. The lowest BCUT2D eigenvalue weighted by atomic mass is 10.3. The molecule has 0 aliphatic heterocycles. The highest BCUT2D eigenvalue weighted by molar-refractivity contribution is 9.09. The van der Waals surface area contributed by atoms with Crippen LogP contribution < -0.4 is 0 Å². The molecule has 0 rings (SSSR count). The smallest absolute Gasteiger partial charge is 0.343 e. The van der Waals surface area contributed by atoms with E-state index in [4.69, 9.17) is 4.74 Å². The van der Waals surface area contributed by atoms with Gasteiger partial charge < -0.3 is 9.47 Å². The van der Waals surface area contributed by atoms with Crippen LogP contribution in [0.5, 0.6) is 0 Å². The summed E-state index contributed by atoms with van der Waals surface area (Å²) in [6.07, 6.45) is -1.51. The Bertz CT molecular complexity index is 233. The summed E-state index contributed by atoms with van der Waals surface area (Å²) in [6, 6.07) is 0. The third-order valence-corrected chi connectivity index (χ3v) is 2.20. The quantitative estimate of drug-likeness (QED) is 0.242. The van der Waals surface area contributed by atoms with Crippen molar-refractivity contribution in [1.82, 2.24) is 0 Å². The number of hydrogen-bond donors (Lipinski definition) is 0. The largest absolute Gasteiger partial charge is 0.464 e. The zero-order valence-corrected chi connectivity index (χ0v) is 10.4. The zero-order chi connectivity index (χ0) is 12.0. The number of nitrogens with zero attached hydrogens (tertiary/aromatic N) is 1. The third-order valence-electron chi connectivity index (χ3n) is 1.39. The first kappa shape index (κ1) is 14.3. The summed E-state index contributed by atoms with van der Waals surface area (Å²) in [5.41, 5.74) is 0. The van der Waals surface area contributed by atoms with Crippen LogP contribution in [0.4, 0.5) is 0 Å². The number of carbonyl (C=O) groups excluding carboxylic acids is 1. The van der Waals surface area contributed by atoms with Gasteiger partial charge in [0.1, 0.15) is 0 Å². The average Bonchev–Trinajstić information content (AvgIpc) is 2.13. The van der Waals surface area contributed by atoms with Crippen molar-refractivity contribution in [3.8, 4) is 0 Å². The Labute approximate surface area is 96.2 Å². The highest BCUT2D eigenvalue weighted by atomic mass is 79.9. The predicted octanol–water partition coefficient (Wildman–Crippen LogP) is 1.34. The lowest BCUT2D eigenvalue weighted by Crippen LogP contribution is -2.40. The van der Waals surface area contributed by atoms with Crippen molar-refractivity contribution in [2.75, 3.05) is 6.61 Å². The van der Waals surface area contributed by atoms with Crippen LogP contribution in [0.25, 0.3) is 0 Å². The molecule has 0 amide bonds. The van der Waals surface area contributed by atoms with Gasteiger partial charge in [0.05, 0.1) is 12.7 Å². The molecule has 6 nitrogen and oxygen atoms in total. The maximum atomic E-state index is 11.3. The van der Waals surface area contributed by atoms with Gasteiger partial charge in [-0.2, -0.15) is 0 Å². The maximum Gasteiger partial charge on any atom is 0.343 e. The lowest BCUT2D eigenvalue weighted by Gasteiger charge is -2.18. The molecule has 2 unspecified atom stereocenters. The van der Waals surface area contributed by atoms with Crippen LogP contribution in [0.1, 0.15) is 20.8 Å². The van der Waals surface area contributed by atoms with Crippen molar-refractivity contribution in [3.63, 3.8) is 0 Å². The Morgan fingerprint density at radius 2 is 2.07 bits per heavy atom. The van der Waals surface area contributed by atoms with Crippen LogP contribution >= 0.6 is 15.9 Å². The standard InChI is InChI=1S/C8H14BrNO5/c1-4-14-8(11)6(15-5(2)3)7(9)10(12)13/h5-7H,4H2,1-3H3. The molecule has 0 aromatic rings. The average molecular weight is 284 g/mol. The summed E-state index contributed by atoms with van der Waals surface area (Å²) in [4.78, 5) is 19.9. The number of carbonyl (C=O) groups is 1. The summed E-state index contributed by atoms with van der Waals surface area (Å²) in [5.74, 6) is -0.732. The van der Waals surface area contributed by atoms with E-state index < -0.39 is 21.9 Å². The third kappa shape index (κ3) is 5.08. The van der Waals surface area contributed by atoms with Crippen molar-refractivity contribution < 1.29 is 19.2 Å². The normalized spacial score (nSPS) is 14.7. The van der Waals surface area contributed by atoms with Gasteiger partial charge in [0, 0.05) is 20.9 Å². The van der Waals surface area contributed by atoms with Crippen LogP contribution in [-0.4, -0.2) is 34.7 Å². The Morgan fingerprint density at radius 3 is 2.40 bits per heavy atom. The fourth-order valence-corrected chi connectivity index (χ4v) is 1.20. The number of ether oxygens (including phenoxy) is 2. The summed E-state index contributed by atoms with van der Waals surface area (Å²) in [6.45, 7) is 5.16. The molecule has 0 N–H and O–H groups in total. The van der Waals surface area contributed by atoms with Crippen molar-refractivity contribution in [1.29, 1.82) is 0 Å². The molecule has 0 aromatic carbocycles. The van der Waals surface area contributed by atoms with Gasteiger partial charge in [-0.05, 0) is 20.8 Å². The Hall–Kier alpha value is -0.690. The van der Waals surface area contributed by atoms with E-state index in [2.05, 4.69) is 20.7 Å². The maximum absolute atomic E-state index is 11.3. The SMILES string of the molecule is CCOC(=O)C(OC(C)C)C(Br)[N+](=O)[O-]. The predicted molar refractivity (Wildman–Crippen MR) is 56.4 cm³/mol. The minimum atomic E-state index is -1.29. The summed E-state index contributed by atoms with van der Waals surface area (Å²) in [5, 5.41) is 10.5. The molecule has 0 radical (unpaired) electrons. The molecule has 88 valence electrons. The molecule has 0 aliphatic rings. The molecular weight excluding hydrogens is 270 g/mol. The van der Waals surface area contributed by atoms with Gasteiger partial charge in [0.15, 0.2) is 0 Å². The molecule has 0 heterocycles. The summed E-state index contributed by atoms with van der Waals surface area (Å²) < 4.78 is 9.80. The molecule has 15 heavy (non-hydrogen) atoms. The van der Waals surface area contributed by atoms with Crippen LogP contribution in [0.15, 0.2) is 0 Å². The highest BCUT2D eigenvalue weighted by Crippen LogP contribution is 2.14. The van der Waals surface area contributed by atoms with E-state index in [0.717, 1.165) is 0 Å². The first-order chi connectivity index (χ1) is 6.90. The summed E-state index contributed by atoms with van der Waals surface area (Å²) >= 11 is 2.78. The van der Waals surface area contributed by atoms with Crippen LogP contribution in [-0.2, 0) is 14.3 Å². The fraction of sp³-hybridized carbons (Fsp3) is 0.875. The second-order valence-corrected chi connectivity index (χ2v) is 3.95. The summed E-state index contributed by atoms with van der Waals surface area (Å²) in [7, 11) is 0. The fourth-order valence-electron chi connectivity index (χ4n) is 0.861. The van der Waals surface area contributed by atoms with E-state index in [1.165, 1.54) is 0 Å². The number of alkyl halides is 1. The van der Waals surface area contributed by atoms with Crippen molar-refractivity contribution >= 4 is 21.9 Å². The van der Waals surface area contributed by atoms with Crippen LogP contribution in [0.2, 0.25) is 0 Å². The van der Waals surface area contributed by atoms with Crippen molar-refractivity contribution in [2.45, 2.75) is 37.9 Å². The molecule has 0 aliphatic carbocycles. The Kier molecular flexibility index (Phi) is 6.42. The number of rotatable bonds is 6. The second-order valence-electron chi connectivity index (χ2n) is 3.02. The van der Waals surface area contributed by atoms with E-state index in [1.807, 2.05) is 0 Å². The number of esters is 1. The minimum Gasteiger partial charge on any atom is -0.464 e. The van der Waals surface area contributed by atoms with E-state index in [1.54, 1.807) is 20.8 Å². The van der Waals surface area contributed by atoms with E-state index >= 15 is 0 Å². The lowest BCUT2D eigenvalue weighted by molar-refractivity contribution is -0.503. The van der Waals surface area contributed by atoms with Gasteiger partial charge in [0.2, 0.25) is 6.10 Å². The molecule has 0 spiro atoms. The molecule has 0 bridgehead atoms. The second kappa shape index (κ2) is 6.73. The van der Waals surface area contributed by atoms with Crippen molar-refractivity contribution in [3.05, 3.63) is 10.1 Å². The first-order valence-electron chi connectivity index (χ1n) is 4.49. The topological polar surface area (TPSA) is 78.7 Å². The number of hydrogen-bond acceptors (Lipinski definition) is 5. The Balaban J connectivity index is 4.56. The Morgan fingerprint density at radius 1 is 1.53 bits per heavy atom. The monoisotopic (exact) mass is 283 g/mol.